The van der Waals surface area contributed by atoms with E-state index in [9.17, 15) is 0 Å². The normalized spacial score (nSPS) is 10.9. The molecule has 3 heteroatoms. The summed E-state index contributed by atoms with van der Waals surface area (Å²) in [6.45, 7) is 1.19. The van der Waals surface area contributed by atoms with E-state index in [1.165, 1.54) is 11.1 Å². The van der Waals surface area contributed by atoms with Crippen LogP contribution in [0.15, 0.2) is 60.7 Å². The standard InChI is InChI=1S/C17H19IO2/c18-12-11-17(19-13-15-7-3-1-4-8-15)20-14-16-9-5-2-6-10-16/h1-10,17H,11-14H2. The van der Waals surface area contributed by atoms with Gasteiger partial charge in [0.1, 0.15) is 0 Å². The van der Waals surface area contributed by atoms with Crippen LogP contribution < -0.4 is 0 Å². The van der Waals surface area contributed by atoms with E-state index in [4.69, 9.17) is 9.47 Å². The van der Waals surface area contributed by atoms with Crippen LogP contribution in [0.5, 0.6) is 0 Å². The Labute approximate surface area is 134 Å². The van der Waals surface area contributed by atoms with Crippen molar-refractivity contribution in [2.75, 3.05) is 4.43 Å². The zero-order valence-corrected chi connectivity index (χ0v) is 13.5. The maximum Gasteiger partial charge on any atom is 0.159 e. The molecule has 2 aromatic rings. The molecule has 106 valence electrons. The van der Waals surface area contributed by atoms with Crippen LogP contribution in [0, 0.1) is 0 Å². The van der Waals surface area contributed by atoms with Gasteiger partial charge in [0, 0.05) is 10.8 Å². The SMILES string of the molecule is ICCC(OCc1ccccc1)OCc1ccccc1. The quantitative estimate of drug-likeness (QED) is 0.378. The molecule has 0 atom stereocenters. The molecular weight excluding hydrogens is 363 g/mol. The van der Waals surface area contributed by atoms with Gasteiger partial charge in [-0.05, 0) is 11.1 Å². The number of hydrogen-bond donors (Lipinski definition) is 0. The van der Waals surface area contributed by atoms with Crippen molar-refractivity contribution in [1.82, 2.24) is 0 Å². The van der Waals surface area contributed by atoms with Gasteiger partial charge in [-0.15, -0.1) is 0 Å². The smallest absolute Gasteiger partial charge is 0.159 e. The van der Waals surface area contributed by atoms with Crippen molar-refractivity contribution < 1.29 is 9.47 Å². The third-order valence-electron chi connectivity index (χ3n) is 2.90. The van der Waals surface area contributed by atoms with Crippen molar-refractivity contribution in [2.45, 2.75) is 25.9 Å². The molecule has 0 amide bonds. The van der Waals surface area contributed by atoms with Crippen molar-refractivity contribution in [3.63, 3.8) is 0 Å². The molecule has 2 aromatic carbocycles. The summed E-state index contributed by atoms with van der Waals surface area (Å²) in [5.41, 5.74) is 2.35. The molecule has 0 saturated heterocycles. The third-order valence-corrected chi connectivity index (χ3v) is 3.53. The Morgan fingerprint density at radius 1 is 0.750 bits per heavy atom. The zero-order valence-electron chi connectivity index (χ0n) is 11.4. The first-order valence-corrected chi connectivity index (χ1v) is 8.28. The van der Waals surface area contributed by atoms with Gasteiger partial charge in [-0.1, -0.05) is 83.3 Å². The molecule has 2 nitrogen and oxygen atoms in total. The van der Waals surface area contributed by atoms with E-state index < -0.39 is 0 Å². The van der Waals surface area contributed by atoms with E-state index in [0.29, 0.717) is 13.2 Å². The summed E-state index contributed by atoms with van der Waals surface area (Å²) < 4.78 is 12.7. The van der Waals surface area contributed by atoms with E-state index in [0.717, 1.165) is 10.8 Å². The summed E-state index contributed by atoms with van der Waals surface area (Å²) in [5, 5.41) is 0. The van der Waals surface area contributed by atoms with Crippen molar-refractivity contribution in [3.8, 4) is 0 Å². The second-order valence-corrected chi connectivity index (χ2v) is 5.58. The van der Waals surface area contributed by atoms with Crippen molar-refractivity contribution in [2.24, 2.45) is 0 Å². The fraction of sp³-hybridized carbons (Fsp3) is 0.294. The van der Waals surface area contributed by atoms with Gasteiger partial charge in [0.15, 0.2) is 6.29 Å². The molecule has 0 spiro atoms. The molecule has 0 bridgehead atoms. The van der Waals surface area contributed by atoms with Gasteiger partial charge in [0.2, 0.25) is 0 Å². The number of ether oxygens (including phenoxy) is 2. The van der Waals surface area contributed by atoms with Crippen LogP contribution in [-0.4, -0.2) is 10.7 Å². The molecule has 0 aromatic heterocycles. The van der Waals surface area contributed by atoms with E-state index in [2.05, 4.69) is 46.9 Å². The molecule has 0 radical (unpaired) electrons. The van der Waals surface area contributed by atoms with E-state index >= 15 is 0 Å². The van der Waals surface area contributed by atoms with Gasteiger partial charge in [0.05, 0.1) is 13.2 Å². The summed E-state index contributed by atoms with van der Waals surface area (Å²) >= 11 is 2.35. The number of rotatable bonds is 8. The highest BCUT2D eigenvalue weighted by Crippen LogP contribution is 2.11. The molecule has 0 aliphatic carbocycles. The molecule has 0 fully saturated rings. The van der Waals surface area contributed by atoms with E-state index in [1.807, 2.05) is 36.4 Å². The number of hydrogen-bond acceptors (Lipinski definition) is 2. The van der Waals surface area contributed by atoms with Crippen molar-refractivity contribution in [1.29, 1.82) is 0 Å². The Balaban J connectivity index is 1.81. The van der Waals surface area contributed by atoms with Crippen molar-refractivity contribution in [3.05, 3.63) is 71.8 Å². The molecule has 0 N–H and O–H groups in total. The molecule has 2 rings (SSSR count). The van der Waals surface area contributed by atoms with Gasteiger partial charge < -0.3 is 9.47 Å². The Hall–Kier alpha value is -0.910. The monoisotopic (exact) mass is 382 g/mol. The number of halogens is 1. The molecule has 20 heavy (non-hydrogen) atoms. The number of alkyl halides is 1. The lowest BCUT2D eigenvalue weighted by atomic mass is 10.2. The molecule has 0 saturated carbocycles. The summed E-state index contributed by atoms with van der Waals surface area (Å²) in [6.07, 6.45) is 0.757. The maximum absolute atomic E-state index is 5.86. The summed E-state index contributed by atoms with van der Waals surface area (Å²) in [4.78, 5) is 0. The minimum Gasteiger partial charge on any atom is -0.348 e. The van der Waals surface area contributed by atoms with Gasteiger partial charge >= 0.3 is 0 Å². The Morgan fingerprint density at radius 3 is 1.60 bits per heavy atom. The Bertz CT molecular complexity index is 429. The second kappa shape index (κ2) is 9.10. The van der Waals surface area contributed by atoms with Crippen LogP contribution in [0.25, 0.3) is 0 Å². The topological polar surface area (TPSA) is 18.5 Å². The molecule has 0 aliphatic heterocycles. The summed E-state index contributed by atoms with van der Waals surface area (Å²) in [5.74, 6) is 0. The number of benzene rings is 2. The van der Waals surface area contributed by atoms with Gasteiger partial charge in [0.25, 0.3) is 0 Å². The predicted molar refractivity (Wildman–Crippen MR) is 89.8 cm³/mol. The lowest BCUT2D eigenvalue weighted by Crippen LogP contribution is -2.17. The van der Waals surface area contributed by atoms with Crippen molar-refractivity contribution >= 4 is 22.6 Å². The highest BCUT2D eigenvalue weighted by atomic mass is 127. The predicted octanol–water partition coefficient (Wildman–Crippen LogP) is 4.57. The van der Waals surface area contributed by atoms with Crippen LogP contribution in [0.4, 0.5) is 0 Å². The first-order valence-electron chi connectivity index (χ1n) is 6.75. The Kier molecular flexibility index (Phi) is 7.05. The van der Waals surface area contributed by atoms with Crippen LogP contribution in [-0.2, 0) is 22.7 Å². The average Bonchev–Trinajstić information content (AvgIpc) is 2.52. The minimum absolute atomic E-state index is 0.146. The summed E-state index contributed by atoms with van der Waals surface area (Å²) in [6, 6.07) is 20.4. The average molecular weight is 382 g/mol. The second-order valence-electron chi connectivity index (χ2n) is 4.50. The zero-order chi connectivity index (χ0) is 14.0. The largest absolute Gasteiger partial charge is 0.348 e. The minimum atomic E-state index is -0.146. The first kappa shape index (κ1) is 15.5. The van der Waals surface area contributed by atoms with Crippen LogP contribution in [0.1, 0.15) is 17.5 Å². The lowest BCUT2D eigenvalue weighted by Gasteiger charge is -2.18. The van der Waals surface area contributed by atoms with Gasteiger partial charge in [-0.3, -0.25) is 0 Å². The molecular formula is C17H19IO2. The Morgan fingerprint density at radius 2 is 1.20 bits per heavy atom. The fourth-order valence-corrected chi connectivity index (χ4v) is 2.34. The first-order chi connectivity index (χ1) is 9.88. The third kappa shape index (κ3) is 5.61. The lowest BCUT2D eigenvalue weighted by molar-refractivity contribution is -0.156. The van der Waals surface area contributed by atoms with Gasteiger partial charge in [-0.2, -0.15) is 0 Å². The van der Waals surface area contributed by atoms with Crippen LogP contribution >= 0.6 is 22.6 Å². The molecule has 0 unspecified atom stereocenters. The van der Waals surface area contributed by atoms with E-state index in [-0.39, 0.29) is 6.29 Å². The molecule has 0 heterocycles. The molecule has 0 aliphatic rings. The maximum atomic E-state index is 5.86. The fourth-order valence-electron chi connectivity index (χ4n) is 1.83. The van der Waals surface area contributed by atoms with E-state index in [1.54, 1.807) is 0 Å². The highest BCUT2D eigenvalue weighted by molar-refractivity contribution is 14.1. The van der Waals surface area contributed by atoms with Crippen LogP contribution in [0.2, 0.25) is 0 Å². The van der Waals surface area contributed by atoms with Gasteiger partial charge in [-0.25, -0.2) is 0 Å². The summed E-state index contributed by atoms with van der Waals surface area (Å²) in [7, 11) is 0. The van der Waals surface area contributed by atoms with Crippen LogP contribution in [0.3, 0.4) is 0 Å². The highest BCUT2D eigenvalue weighted by Gasteiger charge is 2.09.